The minimum absolute atomic E-state index is 0.133. The first kappa shape index (κ1) is 16.1. The molecular formula is C17H18O4S. The highest BCUT2D eigenvalue weighted by atomic mass is 32.2. The number of aromatic hydroxyl groups is 1. The maximum absolute atomic E-state index is 12.1. The highest BCUT2D eigenvalue weighted by molar-refractivity contribution is 7.87. The monoisotopic (exact) mass is 318 g/mol. The summed E-state index contributed by atoms with van der Waals surface area (Å²) in [4.78, 5) is 0. The second-order valence-electron chi connectivity index (χ2n) is 4.60. The van der Waals surface area contributed by atoms with Crippen LogP contribution < -0.4 is 9.47 Å². The highest BCUT2D eigenvalue weighted by Crippen LogP contribution is 2.25. The van der Waals surface area contributed by atoms with Crippen LogP contribution in [-0.4, -0.2) is 23.5 Å². The van der Waals surface area contributed by atoms with Crippen molar-refractivity contribution in [2.24, 2.45) is 0 Å². The van der Waals surface area contributed by atoms with Crippen molar-refractivity contribution in [2.75, 3.05) is 14.2 Å². The molecule has 0 aliphatic carbocycles. The van der Waals surface area contributed by atoms with E-state index in [4.69, 9.17) is 9.47 Å². The molecule has 0 saturated carbocycles. The topological polar surface area (TPSA) is 55.8 Å². The van der Waals surface area contributed by atoms with Gasteiger partial charge in [-0.25, -0.2) is 0 Å². The minimum atomic E-state index is -1.14. The van der Waals surface area contributed by atoms with Crippen LogP contribution in [0.4, 0.5) is 0 Å². The minimum Gasteiger partial charge on any atom is -0.508 e. The fourth-order valence-electron chi connectivity index (χ4n) is 1.92. The van der Waals surface area contributed by atoms with Crippen LogP contribution in [0.2, 0.25) is 0 Å². The van der Waals surface area contributed by atoms with Gasteiger partial charge >= 0.3 is 0 Å². The van der Waals surface area contributed by atoms with Crippen molar-refractivity contribution >= 4 is 16.9 Å². The lowest BCUT2D eigenvalue weighted by molar-refractivity contribution is 0.407. The molecule has 0 heterocycles. The van der Waals surface area contributed by atoms with E-state index in [0.29, 0.717) is 11.5 Å². The van der Waals surface area contributed by atoms with Gasteiger partial charge in [0.1, 0.15) is 17.2 Å². The number of rotatable bonds is 6. The Morgan fingerprint density at radius 1 is 1.09 bits per heavy atom. The molecule has 2 aromatic rings. The molecule has 0 fully saturated rings. The molecule has 22 heavy (non-hydrogen) atoms. The van der Waals surface area contributed by atoms with Gasteiger partial charge in [-0.05, 0) is 35.9 Å². The van der Waals surface area contributed by atoms with E-state index >= 15 is 0 Å². The zero-order valence-electron chi connectivity index (χ0n) is 12.5. The number of phenolic OH excluding ortho intramolecular Hbond substituents is 1. The second-order valence-corrected chi connectivity index (χ2v) is 5.92. The summed E-state index contributed by atoms with van der Waals surface area (Å²) in [6.07, 6.45) is 1.73. The highest BCUT2D eigenvalue weighted by Gasteiger charge is 2.03. The summed E-state index contributed by atoms with van der Waals surface area (Å²) >= 11 is 0. The van der Waals surface area contributed by atoms with E-state index in [1.54, 1.807) is 30.7 Å². The summed E-state index contributed by atoms with van der Waals surface area (Å²) in [6.45, 7) is 0. The van der Waals surface area contributed by atoms with E-state index in [-0.39, 0.29) is 5.75 Å². The lowest BCUT2D eigenvalue weighted by atomic mass is 10.2. The Labute approximate surface area is 132 Å². The SMILES string of the molecule is COc1ccc(CS(=O)/C=C/c2ccc(O)cc2OC)cc1. The number of phenols is 1. The Hall–Kier alpha value is -2.27. The Balaban J connectivity index is 2.04. The number of ether oxygens (including phenoxy) is 2. The molecule has 0 aliphatic rings. The van der Waals surface area contributed by atoms with Crippen molar-refractivity contribution in [3.8, 4) is 17.2 Å². The largest absolute Gasteiger partial charge is 0.508 e. The predicted octanol–water partition coefficient (Wildman–Crippen LogP) is 3.33. The lowest BCUT2D eigenvalue weighted by Crippen LogP contribution is -1.92. The summed E-state index contributed by atoms with van der Waals surface area (Å²) < 4.78 is 22.4. The van der Waals surface area contributed by atoms with Crippen molar-refractivity contribution in [3.63, 3.8) is 0 Å². The van der Waals surface area contributed by atoms with Gasteiger partial charge in [0.15, 0.2) is 0 Å². The van der Waals surface area contributed by atoms with E-state index < -0.39 is 10.8 Å². The molecule has 2 aromatic carbocycles. The second kappa shape index (κ2) is 7.66. The Kier molecular flexibility index (Phi) is 5.61. The van der Waals surface area contributed by atoms with Gasteiger partial charge in [0.05, 0.1) is 30.8 Å². The van der Waals surface area contributed by atoms with Crippen molar-refractivity contribution in [1.82, 2.24) is 0 Å². The maximum atomic E-state index is 12.1. The van der Waals surface area contributed by atoms with Crippen LogP contribution in [0.25, 0.3) is 6.08 Å². The molecule has 116 valence electrons. The third kappa shape index (κ3) is 4.36. The fraction of sp³-hybridized carbons (Fsp3) is 0.176. The summed E-state index contributed by atoms with van der Waals surface area (Å²) in [5, 5.41) is 11.0. The summed E-state index contributed by atoms with van der Waals surface area (Å²) in [6, 6.07) is 12.3. The summed E-state index contributed by atoms with van der Waals surface area (Å²) in [7, 11) is 2.01. The zero-order chi connectivity index (χ0) is 15.9. The van der Waals surface area contributed by atoms with Crippen LogP contribution in [-0.2, 0) is 16.6 Å². The van der Waals surface area contributed by atoms with Crippen LogP contribution in [0.15, 0.2) is 47.9 Å². The van der Waals surface area contributed by atoms with Crippen molar-refractivity contribution in [1.29, 1.82) is 0 Å². The Bertz CT molecular complexity index is 678. The van der Waals surface area contributed by atoms with E-state index in [0.717, 1.165) is 16.9 Å². The van der Waals surface area contributed by atoms with Gasteiger partial charge in [-0.3, -0.25) is 4.21 Å². The van der Waals surface area contributed by atoms with Gasteiger partial charge in [-0.15, -0.1) is 0 Å². The third-order valence-corrected chi connectivity index (χ3v) is 4.14. The first-order chi connectivity index (χ1) is 10.6. The molecule has 0 saturated heterocycles. The van der Waals surface area contributed by atoms with Gasteiger partial charge in [0.25, 0.3) is 0 Å². The van der Waals surface area contributed by atoms with Crippen LogP contribution in [0, 0.1) is 0 Å². The number of benzene rings is 2. The molecule has 0 spiro atoms. The van der Waals surface area contributed by atoms with E-state index in [1.165, 1.54) is 13.2 Å². The maximum Gasteiger partial charge on any atom is 0.129 e. The van der Waals surface area contributed by atoms with Crippen LogP contribution in [0.1, 0.15) is 11.1 Å². The number of methoxy groups -OCH3 is 2. The molecule has 0 aliphatic heterocycles. The molecule has 0 bridgehead atoms. The average molecular weight is 318 g/mol. The first-order valence-corrected chi connectivity index (χ1v) is 8.06. The van der Waals surface area contributed by atoms with Crippen LogP contribution >= 0.6 is 0 Å². The summed E-state index contributed by atoms with van der Waals surface area (Å²) in [5.74, 6) is 1.88. The van der Waals surface area contributed by atoms with Gasteiger partial charge in [-0.2, -0.15) is 0 Å². The lowest BCUT2D eigenvalue weighted by Gasteiger charge is -2.05. The van der Waals surface area contributed by atoms with Crippen LogP contribution in [0.3, 0.4) is 0 Å². The fourth-order valence-corrected chi connectivity index (χ4v) is 2.84. The van der Waals surface area contributed by atoms with Gasteiger partial charge in [0.2, 0.25) is 0 Å². The summed E-state index contributed by atoms with van der Waals surface area (Å²) in [5.41, 5.74) is 1.74. The molecule has 2 rings (SSSR count). The molecule has 1 atom stereocenters. The number of hydrogen-bond acceptors (Lipinski definition) is 4. The molecular weight excluding hydrogens is 300 g/mol. The molecule has 5 heteroatoms. The Morgan fingerprint density at radius 2 is 1.82 bits per heavy atom. The Morgan fingerprint density at radius 3 is 2.45 bits per heavy atom. The average Bonchev–Trinajstić information content (AvgIpc) is 2.54. The van der Waals surface area contributed by atoms with Crippen molar-refractivity contribution in [2.45, 2.75) is 5.75 Å². The van der Waals surface area contributed by atoms with Crippen LogP contribution in [0.5, 0.6) is 17.2 Å². The standard InChI is InChI=1S/C17H18O4S/c1-20-16-7-3-13(4-8-16)12-22(19)10-9-14-5-6-15(18)11-17(14)21-2/h3-11,18H,12H2,1-2H3/b10-9+. The van der Waals surface area contributed by atoms with Gasteiger partial charge in [-0.1, -0.05) is 12.1 Å². The van der Waals surface area contributed by atoms with Crippen molar-refractivity contribution in [3.05, 3.63) is 59.0 Å². The van der Waals surface area contributed by atoms with E-state index in [1.807, 2.05) is 24.3 Å². The van der Waals surface area contributed by atoms with Gasteiger partial charge in [0, 0.05) is 17.0 Å². The molecule has 0 aromatic heterocycles. The number of hydrogen-bond donors (Lipinski definition) is 1. The first-order valence-electron chi connectivity index (χ1n) is 6.67. The van der Waals surface area contributed by atoms with Crippen molar-refractivity contribution < 1.29 is 18.8 Å². The smallest absolute Gasteiger partial charge is 0.129 e. The predicted molar refractivity (Wildman–Crippen MR) is 88.5 cm³/mol. The third-order valence-electron chi connectivity index (χ3n) is 3.08. The molecule has 0 radical (unpaired) electrons. The zero-order valence-corrected chi connectivity index (χ0v) is 13.3. The molecule has 1 N–H and O–H groups in total. The van der Waals surface area contributed by atoms with E-state index in [2.05, 4.69) is 0 Å². The molecule has 0 amide bonds. The molecule has 4 nitrogen and oxygen atoms in total. The quantitative estimate of drug-likeness (QED) is 0.887. The van der Waals surface area contributed by atoms with Gasteiger partial charge < -0.3 is 14.6 Å². The van der Waals surface area contributed by atoms with E-state index in [9.17, 15) is 9.32 Å². The normalized spacial score (nSPS) is 12.3. The molecule has 1 unspecified atom stereocenters.